The van der Waals surface area contributed by atoms with Crippen LogP contribution in [0.1, 0.15) is 12.0 Å². The van der Waals surface area contributed by atoms with Crippen molar-refractivity contribution in [1.82, 2.24) is 5.32 Å². The summed E-state index contributed by atoms with van der Waals surface area (Å²) in [6.07, 6.45) is 0.715. The second-order valence-corrected chi connectivity index (χ2v) is 7.61. The van der Waals surface area contributed by atoms with Gasteiger partial charge >= 0.3 is 0 Å². The molecule has 0 spiro atoms. The van der Waals surface area contributed by atoms with Crippen molar-refractivity contribution in [3.63, 3.8) is 0 Å². The Balaban J connectivity index is 1.57. The molecule has 0 saturated carbocycles. The summed E-state index contributed by atoms with van der Waals surface area (Å²) in [6.45, 7) is 0.487. The third-order valence-electron chi connectivity index (χ3n) is 4.22. The maximum atomic E-state index is 12.5. The number of benzene rings is 2. The van der Waals surface area contributed by atoms with E-state index in [4.69, 9.17) is 5.14 Å². The second kappa shape index (κ2) is 7.36. The molecule has 3 N–H and O–H groups in total. The lowest BCUT2D eigenvalue weighted by molar-refractivity contribution is -0.121. The summed E-state index contributed by atoms with van der Waals surface area (Å²) in [4.78, 5) is 25.9. The molecule has 0 bridgehead atoms. The average molecular weight is 373 g/mol. The van der Waals surface area contributed by atoms with E-state index in [1.807, 2.05) is 6.07 Å². The number of amides is 2. The van der Waals surface area contributed by atoms with Crippen molar-refractivity contribution in [2.24, 2.45) is 5.14 Å². The van der Waals surface area contributed by atoms with Crippen molar-refractivity contribution in [1.29, 1.82) is 0 Å². The number of nitrogens with one attached hydrogen (secondary N) is 1. The number of hydrogen-bond acceptors (Lipinski definition) is 5. The van der Waals surface area contributed by atoms with Gasteiger partial charge in [0.05, 0.1) is 23.0 Å². The van der Waals surface area contributed by atoms with Gasteiger partial charge in [0.15, 0.2) is 0 Å². The molecular weight excluding hydrogens is 354 g/mol. The molecule has 1 atom stereocenters. The molecule has 8 heteroatoms. The highest BCUT2D eigenvalue weighted by molar-refractivity contribution is 7.89. The molecule has 1 saturated heterocycles. The van der Waals surface area contributed by atoms with Crippen molar-refractivity contribution in [2.75, 3.05) is 11.4 Å². The Kier molecular flexibility index (Phi) is 5.17. The highest BCUT2D eigenvalue weighted by Gasteiger charge is 2.38. The number of rotatable bonds is 6. The number of primary sulfonamides is 1. The number of sulfonamides is 1. The van der Waals surface area contributed by atoms with Crippen LogP contribution in [0.5, 0.6) is 0 Å². The van der Waals surface area contributed by atoms with Crippen molar-refractivity contribution in [3.05, 3.63) is 60.2 Å². The Hall–Kier alpha value is -2.55. The smallest absolute Gasteiger partial charge is 0.251 e. The lowest BCUT2D eigenvalue weighted by Gasteiger charge is -2.15. The lowest BCUT2D eigenvalue weighted by Crippen LogP contribution is -2.39. The molecule has 7 nitrogen and oxygen atoms in total. The fourth-order valence-corrected chi connectivity index (χ4v) is 3.39. The first-order valence-electron chi connectivity index (χ1n) is 8.13. The number of imide groups is 1. The molecule has 2 amide bonds. The molecular formula is C18H19N3O4S. The number of nitrogens with zero attached hydrogens (tertiary/aromatic N) is 1. The van der Waals surface area contributed by atoms with Crippen LogP contribution in [0.15, 0.2) is 59.5 Å². The second-order valence-electron chi connectivity index (χ2n) is 6.05. The maximum absolute atomic E-state index is 12.5. The van der Waals surface area contributed by atoms with Gasteiger partial charge in [0.25, 0.3) is 5.91 Å². The van der Waals surface area contributed by atoms with Crippen LogP contribution in [0.2, 0.25) is 0 Å². The van der Waals surface area contributed by atoms with E-state index >= 15 is 0 Å². The molecule has 2 aromatic rings. The minimum atomic E-state index is -3.70. The van der Waals surface area contributed by atoms with Gasteiger partial charge < -0.3 is 5.32 Å². The predicted molar refractivity (Wildman–Crippen MR) is 96.9 cm³/mol. The Morgan fingerprint density at radius 2 is 1.69 bits per heavy atom. The first-order valence-corrected chi connectivity index (χ1v) is 9.68. The SMILES string of the molecule is NS(=O)(=O)c1ccc(CCN[C@H]2CC(=O)N(c3ccccc3)C2=O)cc1. The minimum absolute atomic E-state index is 0.0595. The molecule has 0 unspecified atom stereocenters. The third kappa shape index (κ3) is 3.98. The number of carbonyl (C=O) groups is 2. The van der Waals surface area contributed by atoms with Crippen LogP contribution in [0, 0.1) is 0 Å². The summed E-state index contributed by atoms with van der Waals surface area (Å²) in [5.41, 5.74) is 1.48. The molecule has 0 aromatic heterocycles. The van der Waals surface area contributed by atoms with Crippen LogP contribution < -0.4 is 15.4 Å². The van der Waals surface area contributed by atoms with E-state index in [1.165, 1.54) is 17.0 Å². The summed E-state index contributed by atoms with van der Waals surface area (Å²) in [5, 5.41) is 8.16. The van der Waals surface area contributed by atoms with E-state index in [0.717, 1.165) is 5.56 Å². The fraction of sp³-hybridized carbons (Fsp3) is 0.222. The van der Waals surface area contributed by atoms with Crippen LogP contribution >= 0.6 is 0 Å². The molecule has 1 fully saturated rings. The zero-order valence-corrected chi connectivity index (χ0v) is 14.8. The van der Waals surface area contributed by atoms with Crippen LogP contribution in [-0.4, -0.2) is 32.8 Å². The van der Waals surface area contributed by atoms with Gasteiger partial charge in [-0.15, -0.1) is 0 Å². The Labute approximate surface area is 151 Å². The van der Waals surface area contributed by atoms with Crippen molar-refractivity contribution in [2.45, 2.75) is 23.8 Å². The predicted octanol–water partition coefficient (Wildman–Crippen LogP) is 0.798. The van der Waals surface area contributed by atoms with Gasteiger partial charge in [-0.05, 0) is 42.8 Å². The van der Waals surface area contributed by atoms with Gasteiger partial charge in [0.2, 0.25) is 15.9 Å². The van der Waals surface area contributed by atoms with E-state index in [9.17, 15) is 18.0 Å². The van der Waals surface area contributed by atoms with Crippen molar-refractivity contribution >= 4 is 27.5 Å². The molecule has 3 rings (SSSR count). The Morgan fingerprint density at radius 1 is 1.04 bits per heavy atom. The first-order chi connectivity index (χ1) is 12.4. The number of anilines is 1. The number of nitrogens with two attached hydrogens (primary N) is 1. The molecule has 26 heavy (non-hydrogen) atoms. The van der Waals surface area contributed by atoms with Gasteiger partial charge in [-0.2, -0.15) is 0 Å². The van der Waals surface area contributed by atoms with Crippen LogP contribution in [0.25, 0.3) is 0 Å². The number of para-hydroxylation sites is 1. The van der Waals surface area contributed by atoms with E-state index < -0.39 is 16.1 Å². The summed E-state index contributed by atoms with van der Waals surface area (Å²) >= 11 is 0. The van der Waals surface area contributed by atoms with Gasteiger partial charge in [0.1, 0.15) is 0 Å². The fourth-order valence-electron chi connectivity index (χ4n) is 2.88. The van der Waals surface area contributed by atoms with Crippen molar-refractivity contribution < 1.29 is 18.0 Å². The largest absolute Gasteiger partial charge is 0.305 e. The zero-order chi connectivity index (χ0) is 18.7. The van der Waals surface area contributed by atoms with Gasteiger partial charge in [0, 0.05) is 0 Å². The van der Waals surface area contributed by atoms with E-state index in [1.54, 1.807) is 36.4 Å². The summed E-state index contributed by atoms with van der Waals surface area (Å²) in [6, 6.07) is 14.5. The first kappa shape index (κ1) is 18.2. The van der Waals surface area contributed by atoms with E-state index in [-0.39, 0.29) is 23.1 Å². The zero-order valence-electron chi connectivity index (χ0n) is 14.0. The average Bonchev–Trinajstić information content (AvgIpc) is 2.89. The standard InChI is InChI=1S/C18H19N3O4S/c19-26(24,25)15-8-6-13(7-9-15)10-11-20-16-12-17(22)21(18(16)23)14-4-2-1-3-5-14/h1-9,16,20H,10-12H2,(H2,19,24,25)/t16-/m0/s1. The maximum Gasteiger partial charge on any atom is 0.251 e. The number of hydrogen-bond donors (Lipinski definition) is 2. The molecule has 0 radical (unpaired) electrons. The molecule has 2 aromatic carbocycles. The van der Waals surface area contributed by atoms with E-state index in [2.05, 4.69) is 5.32 Å². The normalized spacial score (nSPS) is 17.7. The molecule has 1 heterocycles. The molecule has 136 valence electrons. The Bertz CT molecular complexity index is 911. The topological polar surface area (TPSA) is 110 Å². The summed E-state index contributed by atoms with van der Waals surface area (Å²) < 4.78 is 22.5. The highest BCUT2D eigenvalue weighted by Crippen LogP contribution is 2.22. The minimum Gasteiger partial charge on any atom is -0.305 e. The molecule has 1 aliphatic heterocycles. The molecule has 0 aliphatic carbocycles. The number of carbonyl (C=O) groups excluding carboxylic acids is 2. The third-order valence-corrected chi connectivity index (χ3v) is 5.15. The highest BCUT2D eigenvalue weighted by atomic mass is 32.2. The van der Waals surface area contributed by atoms with Gasteiger partial charge in [-0.1, -0.05) is 30.3 Å². The van der Waals surface area contributed by atoms with Gasteiger partial charge in [-0.25, -0.2) is 18.5 Å². The summed E-state index contributed by atoms with van der Waals surface area (Å²) in [7, 11) is -3.70. The van der Waals surface area contributed by atoms with Gasteiger partial charge in [-0.3, -0.25) is 9.59 Å². The quantitative estimate of drug-likeness (QED) is 0.728. The van der Waals surface area contributed by atoms with Crippen molar-refractivity contribution in [3.8, 4) is 0 Å². The monoisotopic (exact) mass is 373 g/mol. The lowest BCUT2D eigenvalue weighted by atomic mass is 10.1. The Morgan fingerprint density at radius 3 is 2.31 bits per heavy atom. The van der Waals surface area contributed by atoms with Crippen LogP contribution in [0.4, 0.5) is 5.69 Å². The van der Waals surface area contributed by atoms with Crippen LogP contribution in [-0.2, 0) is 26.0 Å². The molecule has 1 aliphatic rings. The summed E-state index contributed by atoms with van der Waals surface area (Å²) in [5.74, 6) is -0.484. The van der Waals surface area contributed by atoms with E-state index in [0.29, 0.717) is 18.7 Å². The van der Waals surface area contributed by atoms with Crippen LogP contribution in [0.3, 0.4) is 0 Å².